The number of aromatic amines is 1. The number of likely N-dealkylation sites (tertiary alicyclic amines) is 1. The third kappa shape index (κ3) is 4.21. The molecule has 1 fully saturated rings. The van der Waals surface area contributed by atoms with Gasteiger partial charge in [0, 0.05) is 53.1 Å². The van der Waals surface area contributed by atoms with Crippen LogP contribution in [-0.2, 0) is 11.2 Å². The van der Waals surface area contributed by atoms with Crippen molar-refractivity contribution < 1.29 is 9.32 Å². The number of amides is 1. The second kappa shape index (κ2) is 8.55. The fourth-order valence-corrected chi connectivity index (χ4v) is 4.36. The van der Waals surface area contributed by atoms with Gasteiger partial charge in [0.2, 0.25) is 17.6 Å². The Bertz CT molecular complexity index is 1190. The number of nitrogens with one attached hydrogen (secondary N) is 1. The van der Waals surface area contributed by atoms with Gasteiger partial charge < -0.3 is 14.4 Å². The van der Waals surface area contributed by atoms with Crippen LogP contribution >= 0.6 is 11.6 Å². The summed E-state index contributed by atoms with van der Waals surface area (Å²) in [6.45, 7) is 1.44. The van der Waals surface area contributed by atoms with Crippen molar-refractivity contribution in [1.29, 1.82) is 0 Å². The molecule has 1 aliphatic rings. The quantitative estimate of drug-likeness (QED) is 0.467. The van der Waals surface area contributed by atoms with Crippen LogP contribution in [0.25, 0.3) is 22.3 Å². The molecule has 0 unspecified atom stereocenters. The number of hydrogen-bond donors (Lipinski definition) is 1. The van der Waals surface area contributed by atoms with Crippen LogP contribution in [0.5, 0.6) is 0 Å². The molecule has 6 nitrogen and oxygen atoms in total. The van der Waals surface area contributed by atoms with Crippen molar-refractivity contribution in [1.82, 2.24) is 20.0 Å². The minimum atomic E-state index is 0.186. The van der Waals surface area contributed by atoms with E-state index in [-0.39, 0.29) is 11.8 Å². The van der Waals surface area contributed by atoms with Crippen LogP contribution < -0.4 is 0 Å². The summed E-state index contributed by atoms with van der Waals surface area (Å²) < 4.78 is 5.52. The number of rotatable bonds is 5. The lowest BCUT2D eigenvalue weighted by molar-refractivity contribution is -0.132. The van der Waals surface area contributed by atoms with Gasteiger partial charge in [-0.1, -0.05) is 35.0 Å². The third-order valence-electron chi connectivity index (χ3n) is 6.02. The first kappa shape index (κ1) is 19.8. The van der Waals surface area contributed by atoms with Crippen LogP contribution in [0.15, 0.2) is 59.3 Å². The topological polar surface area (TPSA) is 75.0 Å². The maximum Gasteiger partial charge on any atom is 0.230 e. The summed E-state index contributed by atoms with van der Waals surface area (Å²) in [5.74, 6) is 1.61. The molecule has 0 aliphatic carbocycles. The lowest BCUT2D eigenvalue weighted by Crippen LogP contribution is -2.38. The predicted octanol–water partition coefficient (Wildman–Crippen LogP) is 5.21. The Labute approximate surface area is 185 Å². The Hall–Kier alpha value is -3.12. The number of aryl methyl sites for hydroxylation is 1. The number of carbonyl (C=O) groups is 1. The van der Waals surface area contributed by atoms with Crippen molar-refractivity contribution >= 4 is 28.4 Å². The maximum absolute atomic E-state index is 12.7. The van der Waals surface area contributed by atoms with Gasteiger partial charge in [-0.2, -0.15) is 4.98 Å². The molecular weight excluding hydrogens is 412 g/mol. The van der Waals surface area contributed by atoms with E-state index in [0.717, 1.165) is 43.4 Å². The highest BCUT2D eigenvalue weighted by Gasteiger charge is 2.27. The zero-order chi connectivity index (χ0) is 21.2. The van der Waals surface area contributed by atoms with Crippen molar-refractivity contribution in [2.75, 3.05) is 13.1 Å². The zero-order valence-corrected chi connectivity index (χ0v) is 17.8. The Morgan fingerprint density at radius 2 is 1.90 bits per heavy atom. The summed E-state index contributed by atoms with van der Waals surface area (Å²) in [5.41, 5.74) is 3.19. The van der Waals surface area contributed by atoms with Gasteiger partial charge in [-0.05, 0) is 55.2 Å². The molecule has 2 aromatic heterocycles. The van der Waals surface area contributed by atoms with Gasteiger partial charge in [-0.3, -0.25) is 4.79 Å². The van der Waals surface area contributed by atoms with Gasteiger partial charge in [0.05, 0.1) is 0 Å². The number of benzene rings is 2. The standard InChI is InChI=1S/C24H23ClN4O2/c25-19-8-5-16(6-9-19)23-27-24(31-28-23)17-11-13-29(14-12-17)22(30)10-7-18-15-26-21-4-2-1-3-20(18)21/h1-6,8-9,15,17,26H,7,10-14H2. The molecule has 0 bridgehead atoms. The molecule has 3 heterocycles. The van der Waals surface area contributed by atoms with Crippen molar-refractivity contribution in [2.45, 2.75) is 31.6 Å². The van der Waals surface area contributed by atoms with E-state index in [9.17, 15) is 4.79 Å². The summed E-state index contributed by atoms with van der Waals surface area (Å²) in [7, 11) is 0. The van der Waals surface area contributed by atoms with Crippen LogP contribution in [0.2, 0.25) is 5.02 Å². The lowest BCUT2D eigenvalue weighted by atomic mass is 9.96. The van der Waals surface area contributed by atoms with Crippen molar-refractivity contribution in [3.05, 3.63) is 71.2 Å². The number of fused-ring (bicyclic) bond motifs is 1. The minimum absolute atomic E-state index is 0.186. The maximum atomic E-state index is 12.7. The molecular formula is C24H23ClN4O2. The van der Waals surface area contributed by atoms with Crippen LogP contribution in [0, 0.1) is 0 Å². The van der Waals surface area contributed by atoms with E-state index in [2.05, 4.69) is 27.3 Å². The molecule has 5 rings (SSSR count). The summed E-state index contributed by atoms with van der Waals surface area (Å²) in [6, 6.07) is 15.6. The van der Waals surface area contributed by atoms with Crippen molar-refractivity contribution in [3.8, 4) is 11.4 Å². The molecule has 4 aromatic rings. The van der Waals surface area contributed by atoms with Gasteiger partial charge in [-0.15, -0.1) is 0 Å². The molecule has 158 valence electrons. The number of para-hydroxylation sites is 1. The van der Waals surface area contributed by atoms with E-state index < -0.39 is 0 Å². The highest BCUT2D eigenvalue weighted by molar-refractivity contribution is 6.30. The van der Waals surface area contributed by atoms with Crippen molar-refractivity contribution in [3.63, 3.8) is 0 Å². The van der Waals surface area contributed by atoms with E-state index in [1.54, 1.807) is 0 Å². The highest BCUT2D eigenvalue weighted by Crippen LogP contribution is 2.29. The lowest BCUT2D eigenvalue weighted by Gasteiger charge is -2.30. The Morgan fingerprint density at radius 3 is 2.71 bits per heavy atom. The van der Waals surface area contributed by atoms with Gasteiger partial charge in [0.1, 0.15) is 0 Å². The monoisotopic (exact) mass is 434 g/mol. The van der Waals surface area contributed by atoms with E-state index >= 15 is 0 Å². The predicted molar refractivity (Wildman–Crippen MR) is 120 cm³/mol. The normalized spacial score (nSPS) is 14.9. The first-order chi connectivity index (χ1) is 15.2. The van der Waals surface area contributed by atoms with Crippen LogP contribution in [0.1, 0.15) is 36.6 Å². The van der Waals surface area contributed by atoms with E-state index in [1.165, 1.54) is 10.9 Å². The Kier molecular flexibility index (Phi) is 5.47. The van der Waals surface area contributed by atoms with Crippen LogP contribution in [0.4, 0.5) is 0 Å². The van der Waals surface area contributed by atoms with Crippen molar-refractivity contribution in [2.24, 2.45) is 0 Å². The Balaban J connectivity index is 1.16. The Morgan fingerprint density at radius 1 is 1.13 bits per heavy atom. The number of nitrogens with zero attached hydrogens (tertiary/aromatic N) is 3. The largest absolute Gasteiger partial charge is 0.361 e. The average molecular weight is 435 g/mol. The fourth-order valence-electron chi connectivity index (χ4n) is 4.23. The number of piperidine rings is 1. The molecule has 0 radical (unpaired) electrons. The smallest absolute Gasteiger partial charge is 0.230 e. The highest BCUT2D eigenvalue weighted by atomic mass is 35.5. The second-order valence-corrected chi connectivity index (χ2v) is 8.41. The number of aromatic nitrogens is 3. The molecule has 1 aliphatic heterocycles. The van der Waals surface area contributed by atoms with Gasteiger partial charge in [0.25, 0.3) is 0 Å². The van der Waals surface area contributed by atoms with Gasteiger partial charge in [0.15, 0.2) is 0 Å². The molecule has 0 saturated carbocycles. The fraction of sp³-hybridized carbons (Fsp3) is 0.292. The summed E-state index contributed by atoms with van der Waals surface area (Å²) >= 11 is 5.94. The number of H-pyrrole nitrogens is 1. The molecule has 2 aromatic carbocycles. The number of hydrogen-bond acceptors (Lipinski definition) is 4. The number of carbonyl (C=O) groups excluding carboxylic acids is 1. The molecule has 31 heavy (non-hydrogen) atoms. The average Bonchev–Trinajstić information content (AvgIpc) is 3.46. The van der Waals surface area contributed by atoms with Crippen LogP contribution in [-0.4, -0.2) is 39.0 Å². The molecule has 0 atom stereocenters. The summed E-state index contributed by atoms with van der Waals surface area (Å²) in [6.07, 6.45) is 4.95. The second-order valence-electron chi connectivity index (χ2n) is 7.98. The molecule has 1 N–H and O–H groups in total. The van der Waals surface area contributed by atoms with Crippen LogP contribution in [0.3, 0.4) is 0 Å². The summed E-state index contributed by atoms with van der Waals surface area (Å²) in [4.78, 5) is 22.6. The first-order valence-electron chi connectivity index (χ1n) is 10.6. The minimum Gasteiger partial charge on any atom is -0.361 e. The SMILES string of the molecule is O=C(CCc1c[nH]c2ccccc12)N1CCC(c2nc(-c3ccc(Cl)cc3)no2)CC1. The van der Waals surface area contributed by atoms with E-state index in [1.807, 2.05) is 47.5 Å². The van der Waals surface area contributed by atoms with E-state index in [0.29, 0.717) is 23.2 Å². The zero-order valence-electron chi connectivity index (χ0n) is 17.1. The van der Waals surface area contributed by atoms with E-state index in [4.69, 9.17) is 16.1 Å². The molecule has 1 saturated heterocycles. The van der Waals surface area contributed by atoms with Gasteiger partial charge in [-0.25, -0.2) is 0 Å². The molecule has 0 spiro atoms. The first-order valence-corrected chi connectivity index (χ1v) is 11.0. The van der Waals surface area contributed by atoms with Gasteiger partial charge >= 0.3 is 0 Å². The molecule has 7 heteroatoms. The third-order valence-corrected chi connectivity index (χ3v) is 6.28. The molecule has 1 amide bonds. The number of halogens is 1. The summed E-state index contributed by atoms with van der Waals surface area (Å²) in [5, 5.41) is 5.99.